The number of nitrogens with one attached hydrogen (secondary N) is 1. The Morgan fingerprint density at radius 1 is 0.960 bits per heavy atom. The highest BCUT2D eigenvalue weighted by molar-refractivity contribution is 7.18. The molecule has 0 aliphatic carbocycles. The number of nitrogens with zero attached hydrogens (tertiary/aromatic N) is 1. The minimum Gasteiger partial charge on any atom is -0.465 e. The Labute approximate surface area is 149 Å². The third-order valence-electron chi connectivity index (χ3n) is 3.89. The van der Waals surface area contributed by atoms with Crippen molar-refractivity contribution in [1.82, 2.24) is 4.57 Å². The van der Waals surface area contributed by atoms with Gasteiger partial charge in [0.2, 0.25) is 0 Å². The van der Waals surface area contributed by atoms with Gasteiger partial charge in [-0.1, -0.05) is 0 Å². The summed E-state index contributed by atoms with van der Waals surface area (Å²) in [6, 6.07) is 14.9. The average Bonchev–Trinajstić information content (AvgIpc) is 3.21. The summed E-state index contributed by atoms with van der Waals surface area (Å²) in [5, 5.41) is 3.40. The van der Waals surface area contributed by atoms with E-state index in [0.29, 0.717) is 15.4 Å². The smallest absolute Gasteiger partial charge is 0.348 e. The summed E-state index contributed by atoms with van der Waals surface area (Å²) in [7, 11) is 1.33. The highest BCUT2D eigenvalue weighted by Crippen LogP contribution is 2.23. The molecule has 128 valence electrons. The summed E-state index contributed by atoms with van der Waals surface area (Å²) >= 11 is 1.18. The maximum Gasteiger partial charge on any atom is 0.348 e. The Balaban J connectivity index is 1.75. The van der Waals surface area contributed by atoms with Crippen LogP contribution in [0.2, 0.25) is 0 Å². The summed E-state index contributed by atoms with van der Waals surface area (Å²) in [6.45, 7) is 4.09. The third kappa shape index (κ3) is 3.49. The first kappa shape index (κ1) is 17.0. The Hall–Kier alpha value is -2.86. The number of hydrogen-bond acceptors (Lipinski definition) is 4. The number of thiophene rings is 1. The van der Waals surface area contributed by atoms with Crippen molar-refractivity contribution in [3.63, 3.8) is 0 Å². The normalized spacial score (nSPS) is 10.5. The van der Waals surface area contributed by atoms with Crippen molar-refractivity contribution in [2.45, 2.75) is 13.8 Å². The number of esters is 1. The highest BCUT2D eigenvalue weighted by atomic mass is 32.1. The van der Waals surface area contributed by atoms with Gasteiger partial charge in [0, 0.05) is 22.6 Å². The molecule has 25 heavy (non-hydrogen) atoms. The van der Waals surface area contributed by atoms with Crippen molar-refractivity contribution >= 4 is 28.2 Å². The summed E-state index contributed by atoms with van der Waals surface area (Å²) in [5.74, 6) is -0.627. The maximum atomic E-state index is 12.4. The quantitative estimate of drug-likeness (QED) is 0.715. The van der Waals surface area contributed by atoms with Crippen molar-refractivity contribution in [1.29, 1.82) is 0 Å². The van der Waals surface area contributed by atoms with Crippen LogP contribution in [-0.4, -0.2) is 23.6 Å². The number of ether oxygens (including phenoxy) is 1. The first-order chi connectivity index (χ1) is 12.0. The van der Waals surface area contributed by atoms with Crippen LogP contribution in [0, 0.1) is 13.8 Å². The Bertz CT molecular complexity index is 903. The summed E-state index contributed by atoms with van der Waals surface area (Å²) in [6.07, 6.45) is 0. The van der Waals surface area contributed by atoms with Gasteiger partial charge < -0.3 is 14.6 Å². The lowest BCUT2D eigenvalue weighted by molar-refractivity contribution is 0.0606. The molecule has 1 amide bonds. The molecule has 3 aromatic rings. The van der Waals surface area contributed by atoms with E-state index < -0.39 is 5.97 Å². The first-order valence-electron chi connectivity index (χ1n) is 7.74. The van der Waals surface area contributed by atoms with Gasteiger partial charge in [-0.15, -0.1) is 11.3 Å². The lowest BCUT2D eigenvalue weighted by Crippen LogP contribution is -2.11. The fourth-order valence-corrected chi connectivity index (χ4v) is 3.46. The molecule has 0 bridgehead atoms. The molecule has 0 saturated heterocycles. The van der Waals surface area contributed by atoms with Crippen molar-refractivity contribution < 1.29 is 14.3 Å². The monoisotopic (exact) mass is 354 g/mol. The number of aromatic nitrogens is 1. The molecular formula is C19H18N2O3S. The zero-order valence-electron chi connectivity index (χ0n) is 14.2. The minimum absolute atomic E-state index is 0.217. The van der Waals surface area contributed by atoms with Gasteiger partial charge in [-0.25, -0.2) is 4.79 Å². The average molecular weight is 354 g/mol. The predicted molar refractivity (Wildman–Crippen MR) is 98.9 cm³/mol. The van der Waals surface area contributed by atoms with Crippen molar-refractivity contribution in [2.75, 3.05) is 12.4 Å². The number of benzene rings is 1. The lowest BCUT2D eigenvalue weighted by Gasteiger charge is -2.10. The number of carbonyl (C=O) groups is 2. The number of carbonyl (C=O) groups excluding carboxylic acids is 2. The highest BCUT2D eigenvalue weighted by Gasteiger charge is 2.12. The Morgan fingerprint density at radius 3 is 2.20 bits per heavy atom. The van der Waals surface area contributed by atoms with E-state index in [1.54, 1.807) is 24.3 Å². The molecule has 0 unspecified atom stereocenters. The molecule has 0 aliphatic heterocycles. The zero-order chi connectivity index (χ0) is 18.0. The van der Waals surface area contributed by atoms with E-state index in [4.69, 9.17) is 0 Å². The number of rotatable bonds is 4. The predicted octanol–water partition coefficient (Wildman–Crippen LogP) is 4.19. The van der Waals surface area contributed by atoms with Crippen LogP contribution in [-0.2, 0) is 4.74 Å². The van der Waals surface area contributed by atoms with Crippen LogP contribution >= 0.6 is 11.3 Å². The molecule has 2 aromatic heterocycles. The van der Waals surface area contributed by atoms with Crippen LogP contribution in [0.25, 0.3) is 5.69 Å². The Morgan fingerprint density at radius 2 is 1.60 bits per heavy atom. The molecule has 1 N–H and O–H groups in total. The van der Waals surface area contributed by atoms with Crippen LogP contribution in [0.4, 0.5) is 5.00 Å². The second-order valence-corrected chi connectivity index (χ2v) is 6.69. The lowest BCUT2D eigenvalue weighted by atomic mass is 10.2. The molecule has 0 fully saturated rings. The second kappa shape index (κ2) is 6.94. The summed E-state index contributed by atoms with van der Waals surface area (Å²) in [4.78, 5) is 24.3. The number of methoxy groups -OCH3 is 1. The topological polar surface area (TPSA) is 60.3 Å². The molecular weight excluding hydrogens is 336 g/mol. The number of aryl methyl sites for hydroxylation is 2. The van der Waals surface area contributed by atoms with E-state index in [2.05, 4.69) is 26.8 Å². The molecule has 5 nitrogen and oxygen atoms in total. The van der Waals surface area contributed by atoms with Crippen LogP contribution < -0.4 is 5.32 Å². The second-order valence-electron chi connectivity index (χ2n) is 5.61. The zero-order valence-corrected chi connectivity index (χ0v) is 15.0. The van der Waals surface area contributed by atoms with E-state index in [1.165, 1.54) is 18.4 Å². The van der Waals surface area contributed by atoms with Crippen LogP contribution in [0.1, 0.15) is 31.4 Å². The molecule has 0 aliphatic rings. The molecule has 2 heterocycles. The summed E-state index contributed by atoms with van der Waals surface area (Å²) < 4.78 is 6.79. The molecule has 1 aromatic carbocycles. The largest absolute Gasteiger partial charge is 0.465 e. The van der Waals surface area contributed by atoms with E-state index >= 15 is 0 Å². The molecule has 0 spiro atoms. The van der Waals surface area contributed by atoms with Gasteiger partial charge in [0.25, 0.3) is 5.91 Å². The van der Waals surface area contributed by atoms with Gasteiger partial charge in [-0.3, -0.25) is 4.79 Å². The number of hydrogen-bond donors (Lipinski definition) is 1. The third-order valence-corrected chi connectivity index (χ3v) is 4.87. The fourth-order valence-electron chi connectivity index (χ4n) is 2.64. The van der Waals surface area contributed by atoms with Crippen molar-refractivity contribution in [2.24, 2.45) is 0 Å². The van der Waals surface area contributed by atoms with Crippen LogP contribution in [0.3, 0.4) is 0 Å². The summed E-state index contributed by atoms with van der Waals surface area (Å²) in [5.41, 5.74) is 3.85. The van der Waals surface area contributed by atoms with Crippen molar-refractivity contribution in [3.8, 4) is 5.69 Å². The minimum atomic E-state index is -0.410. The standard InChI is InChI=1S/C19H18N2O3S/c1-12-4-5-13(2)21(12)15-8-6-14(7-9-15)18(22)20-17-11-10-16(25-17)19(23)24-3/h4-11H,1-3H3,(H,20,22). The van der Waals surface area contributed by atoms with E-state index in [1.807, 2.05) is 26.0 Å². The van der Waals surface area contributed by atoms with Gasteiger partial charge in [0.1, 0.15) is 4.88 Å². The molecule has 3 rings (SSSR count). The maximum absolute atomic E-state index is 12.4. The fraction of sp³-hybridized carbons (Fsp3) is 0.158. The van der Waals surface area contributed by atoms with Gasteiger partial charge in [-0.2, -0.15) is 0 Å². The molecule has 0 radical (unpaired) electrons. The molecule has 6 heteroatoms. The van der Waals surface area contributed by atoms with E-state index in [-0.39, 0.29) is 5.91 Å². The van der Waals surface area contributed by atoms with Gasteiger partial charge >= 0.3 is 5.97 Å². The molecule has 0 saturated carbocycles. The van der Waals surface area contributed by atoms with Gasteiger partial charge in [-0.05, 0) is 62.4 Å². The molecule has 0 atom stereocenters. The number of amides is 1. The van der Waals surface area contributed by atoms with Crippen LogP contribution in [0.5, 0.6) is 0 Å². The first-order valence-corrected chi connectivity index (χ1v) is 8.56. The van der Waals surface area contributed by atoms with Gasteiger partial charge in [0.05, 0.1) is 12.1 Å². The van der Waals surface area contributed by atoms with Gasteiger partial charge in [0.15, 0.2) is 0 Å². The SMILES string of the molecule is COC(=O)c1ccc(NC(=O)c2ccc(-n3c(C)ccc3C)cc2)s1. The Kier molecular flexibility index (Phi) is 4.72. The van der Waals surface area contributed by atoms with E-state index in [9.17, 15) is 9.59 Å². The van der Waals surface area contributed by atoms with Crippen LogP contribution in [0.15, 0.2) is 48.5 Å². The van der Waals surface area contributed by atoms with Crippen molar-refractivity contribution in [3.05, 3.63) is 70.4 Å². The number of anilines is 1. The van der Waals surface area contributed by atoms with E-state index in [0.717, 1.165) is 17.1 Å².